The summed E-state index contributed by atoms with van der Waals surface area (Å²) in [7, 11) is 0. The maximum absolute atomic E-state index is 13.4. The number of fused-ring (bicyclic) bond motifs is 4. The van der Waals surface area contributed by atoms with Gasteiger partial charge in [0.05, 0.1) is 5.41 Å². The second-order valence-electron chi connectivity index (χ2n) is 10.5. The van der Waals surface area contributed by atoms with E-state index in [0.29, 0.717) is 19.4 Å². The summed E-state index contributed by atoms with van der Waals surface area (Å²) in [6, 6.07) is 15.6. The summed E-state index contributed by atoms with van der Waals surface area (Å²) >= 11 is 0. The lowest BCUT2D eigenvalue weighted by atomic mass is 9.95. The van der Waals surface area contributed by atoms with Crippen LogP contribution in [0.5, 0.6) is 0 Å². The standard InChI is InChI=1S/C28H30N2O5/c31-25(32)24-11-5-6-12-30(24)26(33)28-14-17(28)13-18(15-28)29-27(34)35-16-23-21-9-3-1-7-19(21)20-8-2-4-10-22(20)23/h1-4,7-10,17-18,23-24H,5-6,11-16H2,(H,29,34)(H,31,32)/t17?,18?,24-,28?/m1/s1. The van der Waals surface area contributed by atoms with Gasteiger partial charge < -0.3 is 20.1 Å². The Labute approximate surface area is 204 Å². The minimum absolute atomic E-state index is 0.00473. The maximum Gasteiger partial charge on any atom is 0.407 e. The highest BCUT2D eigenvalue weighted by molar-refractivity contribution is 5.90. The first-order valence-corrected chi connectivity index (χ1v) is 12.6. The molecule has 1 aliphatic heterocycles. The van der Waals surface area contributed by atoms with Crippen LogP contribution >= 0.6 is 0 Å². The lowest BCUT2D eigenvalue weighted by Crippen LogP contribution is -2.51. The molecule has 3 unspecified atom stereocenters. The third kappa shape index (κ3) is 3.68. The van der Waals surface area contributed by atoms with E-state index in [1.807, 2.05) is 24.3 Å². The van der Waals surface area contributed by atoms with Gasteiger partial charge >= 0.3 is 12.1 Å². The molecule has 7 nitrogen and oxygen atoms in total. The van der Waals surface area contributed by atoms with Crippen molar-refractivity contribution in [3.05, 3.63) is 59.7 Å². The molecule has 0 bridgehead atoms. The molecule has 2 aromatic rings. The Balaban J connectivity index is 1.07. The van der Waals surface area contributed by atoms with Crippen LogP contribution < -0.4 is 5.32 Å². The SMILES string of the molecule is O=C(NC1CC2CC2(C(=O)N2CCCC[C@@H]2C(=O)O)C1)OCC1c2ccccc2-c2ccccc21. The number of nitrogens with one attached hydrogen (secondary N) is 1. The van der Waals surface area contributed by atoms with Gasteiger partial charge in [-0.2, -0.15) is 0 Å². The van der Waals surface area contributed by atoms with E-state index in [1.54, 1.807) is 4.90 Å². The van der Waals surface area contributed by atoms with Crippen molar-refractivity contribution >= 4 is 18.0 Å². The molecule has 1 heterocycles. The van der Waals surface area contributed by atoms with Gasteiger partial charge in [0.1, 0.15) is 12.6 Å². The van der Waals surface area contributed by atoms with Gasteiger partial charge in [0, 0.05) is 18.5 Å². The number of carboxylic acid groups (broad SMARTS) is 1. The minimum Gasteiger partial charge on any atom is -0.480 e. The largest absolute Gasteiger partial charge is 0.480 e. The van der Waals surface area contributed by atoms with Gasteiger partial charge in [0.15, 0.2) is 0 Å². The zero-order valence-electron chi connectivity index (χ0n) is 19.6. The molecule has 2 aromatic carbocycles. The molecule has 0 spiro atoms. The van der Waals surface area contributed by atoms with Gasteiger partial charge in [-0.25, -0.2) is 9.59 Å². The number of ether oxygens (including phenoxy) is 1. The fraction of sp³-hybridized carbons (Fsp3) is 0.464. The molecule has 182 valence electrons. The average Bonchev–Trinajstić information content (AvgIpc) is 3.30. The number of benzene rings is 2. The summed E-state index contributed by atoms with van der Waals surface area (Å²) in [6.45, 7) is 0.767. The number of carbonyl (C=O) groups excluding carboxylic acids is 2. The van der Waals surface area contributed by atoms with Crippen molar-refractivity contribution in [3.63, 3.8) is 0 Å². The number of likely N-dealkylation sites (tertiary alicyclic amines) is 1. The Morgan fingerprint density at radius 3 is 2.37 bits per heavy atom. The lowest BCUT2D eigenvalue weighted by Gasteiger charge is -2.35. The van der Waals surface area contributed by atoms with Crippen LogP contribution in [-0.2, 0) is 14.3 Å². The number of hydrogen-bond donors (Lipinski definition) is 2. The van der Waals surface area contributed by atoms with Crippen LogP contribution in [0.3, 0.4) is 0 Å². The van der Waals surface area contributed by atoms with E-state index in [0.717, 1.165) is 25.7 Å². The number of carbonyl (C=O) groups is 3. The van der Waals surface area contributed by atoms with Crippen molar-refractivity contribution in [1.29, 1.82) is 0 Å². The maximum atomic E-state index is 13.4. The van der Waals surface area contributed by atoms with Gasteiger partial charge in [0.25, 0.3) is 0 Å². The summed E-state index contributed by atoms with van der Waals surface area (Å²) in [5.41, 5.74) is 4.20. The van der Waals surface area contributed by atoms with E-state index < -0.39 is 23.5 Å². The molecule has 2 amide bonds. The highest BCUT2D eigenvalue weighted by Crippen LogP contribution is 2.64. The normalized spacial score (nSPS) is 28.6. The van der Waals surface area contributed by atoms with Crippen molar-refractivity contribution in [1.82, 2.24) is 10.2 Å². The second kappa shape index (κ2) is 8.40. The predicted octanol–water partition coefficient (Wildman–Crippen LogP) is 4.16. The molecule has 2 saturated carbocycles. The molecule has 0 aromatic heterocycles. The fourth-order valence-corrected chi connectivity index (χ4v) is 6.79. The average molecular weight is 475 g/mol. The molecular formula is C28H30N2O5. The highest BCUT2D eigenvalue weighted by Gasteiger charge is 2.66. The third-order valence-electron chi connectivity index (χ3n) is 8.55. The first-order chi connectivity index (χ1) is 17.0. The van der Waals surface area contributed by atoms with Crippen LogP contribution in [0.2, 0.25) is 0 Å². The van der Waals surface area contributed by atoms with Crippen molar-refractivity contribution in [3.8, 4) is 11.1 Å². The summed E-state index contributed by atoms with van der Waals surface area (Å²) < 4.78 is 5.69. The van der Waals surface area contributed by atoms with Gasteiger partial charge in [-0.15, -0.1) is 0 Å². The fourth-order valence-electron chi connectivity index (χ4n) is 6.79. The molecule has 4 atom stereocenters. The van der Waals surface area contributed by atoms with Crippen molar-refractivity contribution < 1.29 is 24.2 Å². The highest BCUT2D eigenvalue weighted by atomic mass is 16.5. The number of rotatable bonds is 5. The molecule has 1 saturated heterocycles. The molecule has 0 radical (unpaired) electrons. The summed E-state index contributed by atoms with van der Waals surface area (Å²) in [5, 5.41) is 12.6. The summed E-state index contributed by atoms with van der Waals surface area (Å²) in [5.74, 6) is -0.736. The lowest BCUT2D eigenvalue weighted by molar-refractivity contribution is -0.154. The number of hydrogen-bond acceptors (Lipinski definition) is 4. The van der Waals surface area contributed by atoms with E-state index in [4.69, 9.17) is 4.74 Å². The molecule has 2 N–H and O–H groups in total. The minimum atomic E-state index is -0.919. The Bertz CT molecular complexity index is 1150. The molecular weight excluding hydrogens is 444 g/mol. The topological polar surface area (TPSA) is 95.9 Å². The Morgan fingerprint density at radius 2 is 1.69 bits per heavy atom. The van der Waals surface area contributed by atoms with Crippen LogP contribution in [0.1, 0.15) is 55.6 Å². The van der Waals surface area contributed by atoms with Gasteiger partial charge in [-0.05, 0) is 66.7 Å². The second-order valence-corrected chi connectivity index (χ2v) is 10.5. The number of alkyl carbamates (subject to hydrolysis) is 1. The van der Waals surface area contributed by atoms with Crippen molar-refractivity contribution in [2.45, 2.75) is 56.5 Å². The van der Waals surface area contributed by atoms with Crippen LogP contribution in [0.15, 0.2) is 48.5 Å². The Hall–Kier alpha value is -3.35. The van der Waals surface area contributed by atoms with E-state index in [9.17, 15) is 19.5 Å². The van der Waals surface area contributed by atoms with Crippen LogP contribution in [-0.4, -0.2) is 53.2 Å². The molecule has 35 heavy (non-hydrogen) atoms. The number of nitrogens with zero attached hydrogens (tertiary/aromatic N) is 1. The summed E-state index contributed by atoms with van der Waals surface area (Å²) in [6.07, 6.45) is 3.83. The number of carboxylic acids is 1. The Morgan fingerprint density at radius 1 is 1.00 bits per heavy atom. The van der Waals surface area contributed by atoms with Crippen LogP contribution in [0.25, 0.3) is 11.1 Å². The van der Waals surface area contributed by atoms with Gasteiger partial charge in [-0.3, -0.25) is 4.79 Å². The van der Waals surface area contributed by atoms with Crippen molar-refractivity contribution in [2.24, 2.45) is 11.3 Å². The number of aliphatic carboxylic acids is 1. The zero-order chi connectivity index (χ0) is 24.2. The molecule has 3 aliphatic carbocycles. The zero-order valence-corrected chi connectivity index (χ0v) is 19.6. The van der Waals surface area contributed by atoms with E-state index in [-0.39, 0.29) is 30.4 Å². The van der Waals surface area contributed by atoms with Crippen LogP contribution in [0.4, 0.5) is 4.79 Å². The first kappa shape index (κ1) is 22.1. The van der Waals surface area contributed by atoms with Crippen molar-refractivity contribution in [2.75, 3.05) is 13.2 Å². The monoisotopic (exact) mass is 474 g/mol. The van der Waals surface area contributed by atoms with Gasteiger partial charge in [-0.1, -0.05) is 48.5 Å². The predicted molar refractivity (Wildman–Crippen MR) is 129 cm³/mol. The number of amides is 2. The molecule has 7 heteroatoms. The van der Waals surface area contributed by atoms with E-state index >= 15 is 0 Å². The molecule has 6 rings (SSSR count). The quantitative estimate of drug-likeness (QED) is 0.679. The van der Waals surface area contributed by atoms with Crippen LogP contribution in [0, 0.1) is 11.3 Å². The number of piperidine rings is 1. The molecule has 4 aliphatic rings. The van der Waals surface area contributed by atoms with Gasteiger partial charge in [0.2, 0.25) is 5.91 Å². The smallest absolute Gasteiger partial charge is 0.407 e. The first-order valence-electron chi connectivity index (χ1n) is 12.6. The summed E-state index contributed by atoms with van der Waals surface area (Å²) in [4.78, 5) is 39.3. The Kier molecular flexibility index (Phi) is 5.31. The molecule has 3 fully saturated rings. The third-order valence-corrected chi connectivity index (χ3v) is 8.55. The van der Waals surface area contributed by atoms with E-state index in [2.05, 4.69) is 29.6 Å². The van der Waals surface area contributed by atoms with E-state index in [1.165, 1.54) is 22.3 Å².